The Hall–Kier alpha value is -1.51. The minimum absolute atomic E-state index is 0.0810. The van der Waals surface area contributed by atoms with Gasteiger partial charge in [-0.25, -0.2) is 0 Å². The number of carbonyl (C=O) groups is 1. The van der Waals surface area contributed by atoms with Crippen LogP contribution in [0.25, 0.3) is 0 Å². The first kappa shape index (κ1) is 12.6. The van der Waals surface area contributed by atoms with Crippen LogP contribution in [0.4, 0.5) is 0 Å². The molecule has 16 heavy (non-hydrogen) atoms. The first-order valence-corrected chi connectivity index (χ1v) is 5.56. The van der Waals surface area contributed by atoms with Gasteiger partial charge >= 0.3 is 0 Å². The number of amides is 1. The molecule has 0 heterocycles. The molecule has 1 aromatic rings. The third-order valence-corrected chi connectivity index (χ3v) is 2.35. The average molecular weight is 221 g/mol. The molecule has 1 amide bonds. The summed E-state index contributed by atoms with van der Waals surface area (Å²) >= 11 is 0. The largest absolute Gasteiger partial charge is 0.481 e. The Labute approximate surface area is 96.8 Å². The van der Waals surface area contributed by atoms with Gasteiger partial charge < -0.3 is 10.1 Å². The van der Waals surface area contributed by atoms with E-state index in [2.05, 4.69) is 5.32 Å². The maximum Gasteiger partial charge on any atom is 0.260 e. The van der Waals surface area contributed by atoms with E-state index in [4.69, 9.17) is 4.74 Å². The van der Waals surface area contributed by atoms with Crippen molar-refractivity contribution in [3.05, 3.63) is 29.3 Å². The highest BCUT2D eigenvalue weighted by atomic mass is 16.5. The van der Waals surface area contributed by atoms with E-state index in [0.29, 0.717) is 6.54 Å². The smallest absolute Gasteiger partial charge is 0.260 e. The SMILES string of the molecule is CCNC(=O)[C@H](C)Oc1ccc(C)cc1C. The van der Waals surface area contributed by atoms with E-state index >= 15 is 0 Å². The summed E-state index contributed by atoms with van der Waals surface area (Å²) in [5, 5.41) is 2.73. The first-order valence-electron chi connectivity index (χ1n) is 5.56. The fraction of sp³-hybridized carbons (Fsp3) is 0.462. The van der Waals surface area contributed by atoms with Crippen molar-refractivity contribution >= 4 is 5.91 Å². The molecule has 0 unspecified atom stereocenters. The van der Waals surface area contributed by atoms with Gasteiger partial charge in [0.1, 0.15) is 5.75 Å². The Kier molecular flexibility index (Phi) is 4.35. The van der Waals surface area contributed by atoms with Gasteiger partial charge in [0.2, 0.25) is 0 Å². The van der Waals surface area contributed by atoms with Gasteiger partial charge in [0.05, 0.1) is 0 Å². The lowest BCUT2D eigenvalue weighted by molar-refractivity contribution is -0.127. The number of likely N-dealkylation sites (N-methyl/N-ethyl adjacent to an activating group) is 1. The molecule has 1 rings (SSSR count). The normalized spacial score (nSPS) is 12.0. The molecular weight excluding hydrogens is 202 g/mol. The minimum atomic E-state index is -0.457. The maximum absolute atomic E-state index is 11.5. The van der Waals surface area contributed by atoms with Gasteiger partial charge in [-0.05, 0) is 39.3 Å². The van der Waals surface area contributed by atoms with Crippen LogP contribution >= 0.6 is 0 Å². The number of rotatable bonds is 4. The van der Waals surface area contributed by atoms with E-state index in [0.717, 1.165) is 11.3 Å². The molecular formula is C13H19NO2. The van der Waals surface area contributed by atoms with Crippen LogP contribution in [0, 0.1) is 13.8 Å². The topological polar surface area (TPSA) is 38.3 Å². The molecule has 3 nitrogen and oxygen atoms in total. The van der Waals surface area contributed by atoms with E-state index in [1.165, 1.54) is 5.56 Å². The Balaban J connectivity index is 2.69. The van der Waals surface area contributed by atoms with Crippen LogP contribution in [-0.4, -0.2) is 18.6 Å². The number of ether oxygens (including phenoxy) is 1. The molecule has 1 aromatic carbocycles. The summed E-state index contributed by atoms with van der Waals surface area (Å²) in [5.41, 5.74) is 2.24. The van der Waals surface area contributed by atoms with Crippen LogP contribution in [0.1, 0.15) is 25.0 Å². The van der Waals surface area contributed by atoms with Crippen molar-refractivity contribution in [1.29, 1.82) is 0 Å². The quantitative estimate of drug-likeness (QED) is 0.846. The maximum atomic E-state index is 11.5. The van der Waals surface area contributed by atoms with Crippen molar-refractivity contribution in [2.45, 2.75) is 33.8 Å². The fourth-order valence-corrected chi connectivity index (χ4v) is 1.49. The van der Waals surface area contributed by atoms with Gasteiger partial charge in [-0.2, -0.15) is 0 Å². The summed E-state index contributed by atoms with van der Waals surface area (Å²) in [5.74, 6) is 0.687. The van der Waals surface area contributed by atoms with Crippen molar-refractivity contribution in [2.24, 2.45) is 0 Å². The van der Waals surface area contributed by atoms with E-state index in [1.807, 2.05) is 39.0 Å². The lowest BCUT2D eigenvalue weighted by Gasteiger charge is -2.15. The monoisotopic (exact) mass is 221 g/mol. The number of carbonyl (C=O) groups excluding carboxylic acids is 1. The summed E-state index contributed by atoms with van der Waals surface area (Å²) < 4.78 is 5.60. The van der Waals surface area contributed by atoms with Crippen molar-refractivity contribution in [3.63, 3.8) is 0 Å². The molecule has 0 aliphatic carbocycles. The molecule has 0 spiro atoms. The zero-order chi connectivity index (χ0) is 12.1. The number of nitrogens with one attached hydrogen (secondary N) is 1. The number of benzene rings is 1. The van der Waals surface area contributed by atoms with Gasteiger partial charge in [-0.15, -0.1) is 0 Å². The molecule has 1 atom stereocenters. The number of aryl methyl sites for hydroxylation is 2. The molecule has 1 N–H and O–H groups in total. The summed E-state index contributed by atoms with van der Waals surface area (Å²) in [7, 11) is 0. The molecule has 0 aromatic heterocycles. The van der Waals surface area contributed by atoms with Gasteiger partial charge in [0.15, 0.2) is 6.10 Å². The summed E-state index contributed by atoms with van der Waals surface area (Å²) in [4.78, 5) is 11.5. The highest BCUT2D eigenvalue weighted by molar-refractivity contribution is 5.80. The van der Waals surface area contributed by atoms with Crippen LogP contribution in [0.2, 0.25) is 0 Å². The molecule has 0 aliphatic heterocycles. The Morgan fingerprint density at radius 2 is 2.12 bits per heavy atom. The standard InChI is InChI=1S/C13H19NO2/c1-5-14-13(15)11(4)16-12-7-6-9(2)8-10(12)3/h6-8,11H,5H2,1-4H3,(H,14,15)/t11-/m0/s1. The Bertz CT molecular complexity index is 374. The lowest BCUT2D eigenvalue weighted by atomic mass is 10.1. The van der Waals surface area contributed by atoms with Crippen LogP contribution in [0.15, 0.2) is 18.2 Å². The molecule has 88 valence electrons. The second-order valence-electron chi connectivity index (χ2n) is 3.92. The minimum Gasteiger partial charge on any atom is -0.481 e. The molecule has 0 saturated heterocycles. The number of hydrogen-bond donors (Lipinski definition) is 1. The van der Waals surface area contributed by atoms with Crippen LogP contribution < -0.4 is 10.1 Å². The van der Waals surface area contributed by atoms with Gasteiger partial charge in [-0.3, -0.25) is 4.79 Å². The Morgan fingerprint density at radius 1 is 1.44 bits per heavy atom. The van der Waals surface area contributed by atoms with Crippen molar-refractivity contribution < 1.29 is 9.53 Å². The second-order valence-corrected chi connectivity index (χ2v) is 3.92. The third kappa shape index (κ3) is 3.26. The third-order valence-electron chi connectivity index (χ3n) is 2.35. The van der Waals surface area contributed by atoms with Crippen molar-refractivity contribution in [2.75, 3.05) is 6.54 Å². The highest BCUT2D eigenvalue weighted by Gasteiger charge is 2.14. The molecule has 0 aliphatic rings. The van der Waals surface area contributed by atoms with E-state index in [9.17, 15) is 4.79 Å². The van der Waals surface area contributed by atoms with Crippen LogP contribution in [0.5, 0.6) is 5.75 Å². The lowest BCUT2D eigenvalue weighted by Crippen LogP contribution is -2.36. The first-order chi connectivity index (χ1) is 7.54. The van der Waals surface area contributed by atoms with E-state index in [-0.39, 0.29) is 5.91 Å². The molecule has 0 saturated carbocycles. The van der Waals surface area contributed by atoms with Gasteiger partial charge in [0.25, 0.3) is 5.91 Å². The average Bonchev–Trinajstić information content (AvgIpc) is 2.22. The molecule has 0 bridgehead atoms. The highest BCUT2D eigenvalue weighted by Crippen LogP contribution is 2.19. The van der Waals surface area contributed by atoms with Crippen molar-refractivity contribution in [1.82, 2.24) is 5.32 Å². The summed E-state index contributed by atoms with van der Waals surface area (Å²) in [6.07, 6.45) is -0.457. The predicted molar refractivity (Wildman–Crippen MR) is 64.7 cm³/mol. The van der Waals surface area contributed by atoms with Crippen molar-refractivity contribution in [3.8, 4) is 5.75 Å². The molecule has 3 heteroatoms. The summed E-state index contributed by atoms with van der Waals surface area (Å²) in [6, 6.07) is 5.92. The Morgan fingerprint density at radius 3 is 2.69 bits per heavy atom. The van der Waals surface area contributed by atoms with Crippen LogP contribution in [-0.2, 0) is 4.79 Å². The summed E-state index contributed by atoms with van der Waals surface area (Å²) in [6.45, 7) is 8.28. The fourth-order valence-electron chi connectivity index (χ4n) is 1.49. The zero-order valence-electron chi connectivity index (χ0n) is 10.3. The second kappa shape index (κ2) is 5.54. The molecule has 0 radical (unpaired) electrons. The van der Waals surface area contributed by atoms with E-state index in [1.54, 1.807) is 6.92 Å². The van der Waals surface area contributed by atoms with Gasteiger partial charge in [0, 0.05) is 6.54 Å². The van der Waals surface area contributed by atoms with Gasteiger partial charge in [-0.1, -0.05) is 17.7 Å². The van der Waals surface area contributed by atoms with Crippen LogP contribution in [0.3, 0.4) is 0 Å². The van der Waals surface area contributed by atoms with E-state index < -0.39 is 6.10 Å². The predicted octanol–water partition coefficient (Wildman–Crippen LogP) is 2.21. The number of hydrogen-bond acceptors (Lipinski definition) is 2. The zero-order valence-corrected chi connectivity index (χ0v) is 10.3. The molecule has 0 fully saturated rings.